The van der Waals surface area contributed by atoms with E-state index in [-0.39, 0.29) is 29.1 Å². The van der Waals surface area contributed by atoms with Crippen molar-refractivity contribution in [2.75, 3.05) is 5.01 Å². The summed E-state index contributed by atoms with van der Waals surface area (Å²) in [5.41, 5.74) is 1.47. The molecule has 6 nitrogen and oxygen atoms in total. The van der Waals surface area contributed by atoms with Gasteiger partial charge in [-0.1, -0.05) is 43.2 Å². The van der Waals surface area contributed by atoms with Gasteiger partial charge in [0.25, 0.3) is 0 Å². The number of anilines is 1. The summed E-state index contributed by atoms with van der Waals surface area (Å²) in [6.07, 6.45) is 7.70. The van der Waals surface area contributed by atoms with Gasteiger partial charge >= 0.3 is 0 Å². The van der Waals surface area contributed by atoms with Crippen molar-refractivity contribution in [3.8, 4) is 15.4 Å². The SMILES string of the molecule is O=CN(N=C1C(=O)C2CCCCC2C1=O)c1cc(-c2ccccc2)sc1-n1cccc1. The van der Waals surface area contributed by atoms with Gasteiger partial charge in [-0.3, -0.25) is 14.4 Å². The lowest BCUT2D eigenvalue weighted by atomic mass is 9.81. The predicted octanol–water partition coefficient (Wildman–Crippen LogP) is 4.48. The fourth-order valence-corrected chi connectivity index (χ4v) is 5.62. The van der Waals surface area contributed by atoms with Crippen LogP contribution in [0.25, 0.3) is 15.4 Å². The third-order valence-electron chi connectivity index (χ3n) is 6.05. The van der Waals surface area contributed by atoms with E-state index >= 15 is 0 Å². The summed E-state index contributed by atoms with van der Waals surface area (Å²) in [7, 11) is 0. The summed E-state index contributed by atoms with van der Waals surface area (Å²) in [4.78, 5) is 38.8. The first kappa shape index (κ1) is 19.6. The summed E-state index contributed by atoms with van der Waals surface area (Å²) < 4.78 is 1.90. The number of carbonyl (C=O) groups is 3. The molecule has 1 aromatic carbocycles. The molecule has 7 heteroatoms. The highest BCUT2D eigenvalue weighted by atomic mass is 32.1. The molecular formula is C24H21N3O3S. The van der Waals surface area contributed by atoms with Crippen LogP contribution in [0.2, 0.25) is 0 Å². The van der Waals surface area contributed by atoms with Gasteiger partial charge in [0.1, 0.15) is 10.7 Å². The Morgan fingerprint density at radius 1 is 0.968 bits per heavy atom. The number of nitrogens with zero attached hydrogens (tertiary/aromatic N) is 3. The molecule has 5 rings (SSSR count). The Balaban J connectivity index is 1.58. The van der Waals surface area contributed by atoms with Gasteiger partial charge in [-0.25, -0.2) is 0 Å². The van der Waals surface area contributed by atoms with Crippen molar-refractivity contribution in [3.63, 3.8) is 0 Å². The van der Waals surface area contributed by atoms with Crippen LogP contribution in [-0.2, 0) is 14.4 Å². The molecule has 31 heavy (non-hydrogen) atoms. The molecule has 3 aromatic rings. The third kappa shape index (κ3) is 3.45. The molecule has 0 radical (unpaired) electrons. The van der Waals surface area contributed by atoms with Gasteiger partial charge in [-0.2, -0.15) is 10.1 Å². The van der Waals surface area contributed by atoms with Gasteiger partial charge in [0.15, 0.2) is 17.3 Å². The highest BCUT2D eigenvalue weighted by Crippen LogP contribution is 2.40. The van der Waals surface area contributed by atoms with E-state index < -0.39 is 0 Å². The van der Waals surface area contributed by atoms with Crippen molar-refractivity contribution in [2.45, 2.75) is 25.7 Å². The average Bonchev–Trinajstić information content (AvgIpc) is 3.54. The Morgan fingerprint density at radius 2 is 1.61 bits per heavy atom. The summed E-state index contributed by atoms with van der Waals surface area (Å²) in [5.74, 6) is -0.996. The molecule has 2 aromatic heterocycles. The lowest BCUT2D eigenvalue weighted by Gasteiger charge is -2.20. The van der Waals surface area contributed by atoms with Crippen molar-refractivity contribution < 1.29 is 14.4 Å². The number of hydrogen-bond acceptors (Lipinski definition) is 5. The van der Waals surface area contributed by atoms with E-state index in [1.807, 2.05) is 65.5 Å². The normalized spacial score (nSPS) is 20.6. The zero-order chi connectivity index (χ0) is 21.4. The number of rotatable bonds is 5. The van der Waals surface area contributed by atoms with Gasteiger partial charge in [-0.05, 0) is 36.6 Å². The van der Waals surface area contributed by atoms with Crippen LogP contribution in [0.5, 0.6) is 0 Å². The second-order valence-corrected chi connectivity index (χ2v) is 8.91. The topological polar surface area (TPSA) is 71.7 Å². The molecule has 156 valence electrons. The first-order chi connectivity index (χ1) is 15.2. The first-order valence-corrected chi connectivity index (χ1v) is 11.2. The predicted molar refractivity (Wildman–Crippen MR) is 121 cm³/mol. The number of Topliss-reactive ketones (excluding diaryl/α,β-unsaturated/α-hetero) is 2. The van der Waals surface area contributed by atoms with Crippen molar-refractivity contribution in [1.29, 1.82) is 0 Å². The van der Waals surface area contributed by atoms with Gasteiger partial charge in [-0.15, -0.1) is 11.3 Å². The zero-order valence-electron chi connectivity index (χ0n) is 16.8. The van der Waals surface area contributed by atoms with E-state index in [2.05, 4.69) is 5.10 Å². The number of aromatic nitrogens is 1. The minimum atomic E-state index is -0.278. The monoisotopic (exact) mass is 431 g/mol. The van der Waals surface area contributed by atoms with Crippen LogP contribution >= 0.6 is 11.3 Å². The Kier molecular flexibility index (Phi) is 5.11. The van der Waals surface area contributed by atoms with Crippen molar-refractivity contribution in [1.82, 2.24) is 4.57 Å². The summed E-state index contributed by atoms with van der Waals surface area (Å²) >= 11 is 1.52. The van der Waals surface area contributed by atoms with Gasteiger partial charge in [0.05, 0.1) is 0 Å². The molecule has 0 saturated heterocycles. The molecule has 0 N–H and O–H groups in total. The molecule has 0 bridgehead atoms. The number of carbonyl (C=O) groups excluding carboxylic acids is 3. The van der Waals surface area contributed by atoms with E-state index in [0.29, 0.717) is 12.1 Å². The summed E-state index contributed by atoms with van der Waals surface area (Å²) in [6.45, 7) is 0. The van der Waals surface area contributed by atoms with E-state index in [1.54, 1.807) is 0 Å². The molecule has 2 aliphatic rings. The molecule has 0 aliphatic heterocycles. The number of thiophene rings is 1. The minimum absolute atomic E-state index is 0.0880. The Bertz CT molecular complexity index is 1140. The van der Waals surface area contributed by atoms with Gasteiger partial charge in [0.2, 0.25) is 6.41 Å². The van der Waals surface area contributed by atoms with E-state index in [0.717, 1.165) is 46.1 Å². The summed E-state index contributed by atoms with van der Waals surface area (Å²) in [6, 6.07) is 15.5. The third-order valence-corrected chi connectivity index (χ3v) is 7.24. The van der Waals surface area contributed by atoms with Crippen LogP contribution in [0.15, 0.2) is 66.0 Å². The molecule has 2 atom stereocenters. The molecule has 0 spiro atoms. The quantitative estimate of drug-likeness (QED) is 0.442. The minimum Gasteiger partial charge on any atom is -0.314 e. The highest BCUT2D eigenvalue weighted by Gasteiger charge is 2.48. The smallest absolute Gasteiger partial charge is 0.234 e. The maximum atomic E-state index is 12.9. The molecule has 2 heterocycles. The van der Waals surface area contributed by atoms with Crippen LogP contribution in [-0.4, -0.2) is 28.3 Å². The lowest BCUT2D eigenvalue weighted by molar-refractivity contribution is -0.120. The summed E-state index contributed by atoms with van der Waals surface area (Å²) in [5, 5.41) is 6.23. The first-order valence-electron chi connectivity index (χ1n) is 10.4. The molecule has 2 fully saturated rings. The number of fused-ring (bicyclic) bond motifs is 1. The average molecular weight is 432 g/mol. The van der Waals surface area contributed by atoms with Crippen molar-refractivity contribution in [3.05, 3.63) is 60.9 Å². The molecular weight excluding hydrogens is 410 g/mol. The molecule has 1 amide bonds. The van der Waals surface area contributed by atoms with Crippen molar-refractivity contribution in [2.24, 2.45) is 16.9 Å². The molecule has 2 unspecified atom stereocenters. The molecule has 2 aliphatic carbocycles. The van der Waals surface area contributed by atoms with E-state index in [9.17, 15) is 14.4 Å². The number of amides is 1. The Morgan fingerprint density at radius 3 is 2.23 bits per heavy atom. The second kappa shape index (κ2) is 8.07. The van der Waals surface area contributed by atoms with Crippen LogP contribution in [0.3, 0.4) is 0 Å². The standard InChI is InChI=1S/C24H21N3O3S/c28-15-27(25-21-22(29)17-10-4-5-11-18(17)23(21)30)19-14-20(16-8-2-1-3-9-16)31-24(19)26-12-6-7-13-26/h1-3,6-9,12-15,17-18H,4-5,10-11H2. The maximum Gasteiger partial charge on any atom is 0.234 e. The second-order valence-electron chi connectivity index (χ2n) is 7.88. The largest absolute Gasteiger partial charge is 0.314 e. The fraction of sp³-hybridized carbons (Fsp3) is 0.250. The fourth-order valence-electron chi connectivity index (χ4n) is 4.51. The maximum absolute atomic E-state index is 12.9. The van der Waals surface area contributed by atoms with Crippen LogP contribution in [0.1, 0.15) is 25.7 Å². The Hall–Kier alpha value is -3.32. The van der Waals surface area contributed by atoms with E-state index in [4.69, 9.17) is 0 Å². The number of hydrazone groups is 1. The zero-order valence-corrected chi connectivity index (χ0v) is 17.6. The lowest BCUT2D eigenvalue weighted by Crippen LogP contribution is -2.24. The van der Waals surface area contributed by atoms with Crippen LogP contribution in [0, 0.1) is 11.8 Å². The van der Waals surface area contributed by atoms with Crippen LogP contribution < -0.4 is 5.01 Å². The van der Waals surface area contributed by atoms with Gasteiger partial charge in [0, 0.05) is 29.1 Å². The van der Waals surface area contributed by atoms with E-state index in [1.165, 1.54) is 11.3 Å². The van der Waals surface area contributed by atoms with Crippen molar-refractivity contribution >= 4 is 40.7 Å². The highest BCUT2D eigenvalue weighted by molar-refractivity contribution is 7.18. The Labute approximate surface area is 183 Å². The van der Waals surface area contributed by atoms with Gasteiger partial charge < -0.3 is 4.57 Å². The number of ketones is 2. The number of benzene rings is 1. The molecule has 2 saturated carbocycles. The number of hydrogen-bond donors (Lipinski definition) is 0. The van der Waals surface area contributed by atoms with Crippen LogP contribution in [0.4, 0.5) is 5.69 Å².